The summed E-state index contributed by atoms with van der Waals surface area (Å²) in [4.78, 5) is 55.9. The number of hydrogen-bond acceptors (Lipinski definition) is 9. The van der Waals surface area contributed by atoms with Gasteiger partial charge in [-0.05, 0) is 32.3 Å². The lowest BCUT2D eigenvalue weighted by atomic mass is 10.1. The first-order chi connectivity index (χ1) is 15.5. The van der Waals surface area contributed by atoms with Gasteiger partial charge in [-0.15, -0.1) is 0 Å². The van der Waals surface area contributed by atoms with Crippen LogP contribution >= 0.6 is 11.8 Å². The number of nitrogens with one attached hydrogen (secondary N) is 4. The first-order valence-corrected chi connectivity index (χ1v) is 11.6. The topological polar surface area (TPSA) is 220 Å². The third kappa shape index (κ3) is 9.37. The van der Waals surface area contributed by atoms with Crippen LogP contribution in [0.1, 0.15) is 26.0 Å². The number of carboxylic acids is 1. The van der Waals surface area contributed by atoms with E-state index in [0.717, 1.165) is 0 Å². The summed E-state index contributed by atoms with van der Waals surface area (Å²) in [5.74, 6) is -3.28. The zero-order valence-electron chi connectivity index (χ0n) is 18.6. The molecule has 1 rings (SSSR count). The molecule has 0 radical (unpaired) electrons. The van der Waals surface area contributed by atoms with E-state index in [0.29, 0.717) is 11.4 Å². The molecule has 0 fully saturated rings. The Morgan fingerprint density at radius 2 is 1.70 bits per heavy atom. The number of amides is 3. The van der Waals surface area contributed by atoms with Crippen molar-refractivity contribution in [1.82, 2.24) is 25.9 Å². The molecular formula is C19H32N6O7S. The summed E-state index contributed by atoms with van der Waals surface area (Å²) in [6.45, 7) is 2.58. The van der Waals surface area contributed by atoms with E-state index in [2.05, 4.69) is 25.9 Å². The van der Waals surface area contributed by atoms with E-state index in [1.54, 1.807) is 6.26 Å². The summed E-state index contributed by atoms with van der Waals surface area (Å²) in [5.41, 5.74) is 6.12. The van der Waals surface area contributed by atoms with Crippen LogP contribution in [0.25, 0.3) is 0 Å². The average Bonchev–Trinajstić information content (AvgIpc) is 3.25. The van der Waals surface area contributed by atoms with Crippen LogP contribution in [0.3, 0.4) is 0 Å². The molecule has 0 aromatic carbocycles. The molecule has 3 amide bonds. The van der Waals surface area contributed by atoms with Crippen LogP contribution in [-0.4, -0.2) is 97.4 Å². The molecule has 0 spiro atoms. The van der Waals surface area contributed by atoms with Gasteiger partial charge >= 0.3 is 5.97 Å². The van der Waals surface area contributed by atoms with Gasteiger partial charge in [0.1, 0.15) is 24.2 Å². The highest BCUT2D eigenvalue weighted by Crippen LogP contribution is 2.05. The van der Waals surface area contributed by atoms with Crippen molar-refractivity contribution in [2.75, 3.05) is 12.0 Å². The van der Waals surface area contributed by atoms with Crippen molar-refractivity contribution < 1.29 is 34.5 Å². The third-order valence-electron chi connectivity index (χ3n) is 4.72. The monoisotopic (exact) mass is 488 g/mol. The van der Waals surface area contributed by atoms with Crippen LogP contribution in [-0.2, 0) is 25.6 Å². The number of nitrogens with two attached hydrogens (primary N) is 1. The van der Waals surface area contributed by atoms with Gasteiger partial charge in [-0.2, -0.15) is 11.8 Å². The fraction of sp³-hybridized carbons (Fsp3) is 0.632. The van der Waals surface area contributed by atoms with Gasteiger partial charge in [0.25, 0.3) is 0 Å². The van der Waals surface area contributed by atoms with Crippen molar-refractivity contribution in [3.8, 4) is 0 Å². The Hall–Kier alpha value is -2.68. The smallest absolute Gasteiger partial charge is 0.326 e. The Kier molecular flexibility index (Phi) is 11.8. The number of hydrogen-bond donors (Lipinski definition) is 8. The van der Waals surface area contributed by atoms with E-state index in [-0.39, 0.29) is 12.8 Å². The molecule has 0 aliphatic carbocycles. The summed E-state index contributed by atoms with van der Waals surface area (Å²) in [5, 5.41) is 36.0. The van der Waals surface area contributed by atoms with Crippen LogP contribution < -0.4 is 21.7 Å². The summed E-state index contributed by atoms with van der Waals surface area (Å²) >= 11 is 1.41. The van der Waals surface area contributed by atoms with Crippen molar-refractivity contribution in [1.29, 1.82) is 0 Å². The zero-order chi connectivity index (χ0) is 25.1. The predicted molar refractivity (Wildman–Crippen MR) is 120 cm³/mol. The number of carboxylic acid groups (broad SMARTS) is 1. The minimum absolute atomic E-state index is 0.0519. The first kappa shape index (κ1) is 28.4. The molecular weight excluding hydrogens is 456 g/mol. The molecule has 0 aliphatic heterocycles. The predicted octanol–water partition coefficient (Wildman–Crippen LogP) is -2.67. The van der Waals surface area contributed by atoms with E-state index in [4.69, 9.17) is 5.73 Å². The first-order valence-electron chi connectivity index (χ1n) is 10.2. The van der Waals surface area contributed by atoms with Gasteiger partial charge in [0.15, 0.2) is 0 Å². The number of aromatic nitrogens is 2. The lowest BCUT2D eigenvalue weighted by molar-refractivity contribution is -0.143. The van der Waals surface area contributed by atoms with Crippen molar-refractivity contribution in [3.05, 3.63) is 18.2 Å². The molecule has 6 atom stereocenters. The Balaban J connectivity index is 2.99. The minimum Gasteiger partial charge on any atom is -0.480 e. The molecule has 9 N–H and O–H groups in total. The molecule has 0 saturated heterocycles. The number of aliphatic hydroxyl groups is 2. The number of aliphatic carboxylic acids is 1. The van der Waals surface area contributed by atoms with Crippen LogP contribution in [0.15, 0.2) is 12.5 Å². The number of H-pyrrole nitrogens is 1. The molecule has 0 bridgehead atoms. The van der Waals surface area contributed by atoms with Crippen LogP contribution in [0.5, 0.6) is 0 Å². The highest BCUT2D eigenvalue weighted by molar-refractivity contribution is 7.98. The second-order valence-electron chi connectivity index (χ2n) is 7.52. The van der Waals surface area contributed by atoms with Gasteiger partial charge in [0.05, 0.1) is 18.5 Å². The highest BCUT2D eigenvalue weighted by Gasteiger charge is 2.33. The SMILES string of the molecule is CSCCC(NC(=O)C(NC(=O)C(Cc1cnc[nH]1)NC(=O)C(N)C(C)O)C(C)O)C(=O)O. The lowest BCUT2D eigenvalue weighted by Gasteiger charge is -2.26. The summed E-state index contributed by atoms with van der Waals surface area (Å²) in [7, 11) is 0. The van der Waals surface area contributed by atoms with Gasteiger partial charge in [-0.3, -0.25) is 14.4 Å². The normalized spacial score (nSPS) is 16.5. The molecule has 13 nitrogen and oxygen atoms in total. The molecule has 6 unspecified atom stereocenters. The number of imidazole rings is 1. The summed E-state index contributed by atoms with van der Waals surface area (Å²) in [6.07, 6.45) is 2.15. The van der Waals surface area contributed by atoms with Crippen molar-refractivity contribution in [3.63, 3.8) is 0 Å². The zero-order valence-corrected chi connectivity index (χ0v) is 19.5. The molecule has 33 heavy (non-hydrogen) atoms. The lowest BCUT2D eigenvalue weighted by Crippen LogP contribution is -2.60. The second-order valence-corrected chi connectivity index (χ2v) is 8.50. The van der Waals surface area contributed by atoms with Crippen LogP contribution in [0.4, 0.5) is 0 Å². The molecule has 0 aliphatic rings. The number of rotatable bonds is 14. The van der Waals surface area contributed by atoms with Crippen LogP contribution in [0, 0.1) is 0 Å². The highest BCUT2D eigenvalue weighted by atomic mass is 32.2. The number of aromatic amines is 1. The quantitative estimate of drug-likeness (QED) is 0.136. The molecule has 186 valence electrons. The summed E-state index contributed by atoms with van der Waals surface area (Å²) < 4.78 is 0. The van der Waals surface area contributed by atoms with Crippen molar-refractivity contribution in [2.24, 2.45) is 5.73 Å². The fourth-order valence-corrected chi connectivity index (χ4v) is 3.20. The number of carbonyl (C=O) groups excluding carboxylic acids is 3. The van der Waals surface area contributed by atoms with Crippen molar-refractivity contribution >= 4 is 35.5 Å². The number of nitrogens with zero attached hydrogens (tertiary/aromatic N) is 1. The van der Waals surface area contributed by atoms with Crippen LogP contribution in [0.2, 0.25) is 0 Å². The Labute approximate surface area is 195 Å². The average molecular weight is 489 g/mol. The maximum absolute atomic E-state index is 12.9. The number of aliphatic hydroxyl groups excluding tert-OH is 2. The van der Waals surface area contributed by atoms with Crippen molar-refractivity contribution in [2.45, 2.75) is 63.1 Å². The number of thioether (sulfide) groups is 1. The molecule has 1 aromatic heterocycles. The van der Waals surface area contributed by atoms with E-state index in [9.17, 15) is 34.5 Å². The largest absolute Gasteiger partial charge is 0.480 e. The number of carbonyl (C=O) groups is 4. The van der Waals surface area contributed by atoms with Gasteiger partial charge in [-0.1, -0.05) is 0 Å². The van der Waals surface area contributed by atoms with Gasteiger partial charge in [0.2, 0.25) is 17.7 Å². The molecule has 14 heteroatoms. The van der Waals surface area contributed by atoms with E-state index < -0.39 is 60.1 Å². The molecule has 0 saturated carbocycles. The molecule has 1 aromatic rings. The maximum Gasteiger partial charge on any atom is 0.326 e. The van der Waals surface area contributed by atoms with Gasteiger partial charge in [-0.25, -0.2) is 9.78 Å². The maximum atomic E-state index is 12.9. The summed E-state index contributed by atoms with van der Waals surface area (Å²) in [6, 6.07) is -5.22. The Bertz CT molecular complexity index is 790. The molecule has 1 heterocycles. The second kappa shape index (κ2) is 13.8. The third-order valence-corrected chi connectivity index (χ3v) is 5.37. The minimum atomic E-state index is -1.49. The fourth-order valence-electron chi connectivity index (χ4n) is 2.73. The van der Waals surface area contributed by atoms with Gasteiger partial charge in [0, 0.05) is 18.3 Å². The van der Waals surface area contributed by atoms with E-state index in [1.165, 1.54) is 38.1 Å². The van der Waals surface area contributed by atoms with E-state index >= 15 is 0 Å². The van der Waals surface area contributed by atoms with Gasteiger partial charge < -0.3 is 42.0 Å². The Morgan fingerprint density at radius 1 is 1.06 bits per heavy atom. The standard InChI is InChI=1S/C19H32N6O7S/c1-9(26)14(20)17(29)24-13(6-11-7-21-8-22-11)16(28)25-15(10(2)27)18(30)23-12(19(31)32)4-5-33-3/h7-10,12-15,26-27H,4-6,20H2,1-3H3,(H,21,22)(H,23,30)(H,24,29)(H,25,28)(H,31,32). The van der Waals surface area contributed by atoms with E-state index in [1.807, 2.05) is 0 Å². The Morgan fingerprint density at radius 3 is 2.18 bits per heavy atom.